The summed E-state index contributed by atoms with van der Waals surface area (Å²) < 4.78 is 15.9. The number of thioether (sulfide) groups is 1. The van der Waals surface area contributed by atoms with E-state index in [1.165, 1.54) is 6.07 Å². The summed E-state index contributed by atoms with van der Waals surface area (Å²) in [6.07, 6.45) is 5.93. The van der Waals surface area contributed by atoms with Gasteiger partial charge in [-0.1, -0.05) is 6.07 Å². The molecule has 5 nitrogen and oxygen atoms in total. The average Bonchev–Trinajstić information content (AvgIpc) is 2.96. The zero-order valence-corrected chi connectivity index (χ0v) is 14.1. The highest BCUT2D eigenvalue weighted by Gasteiger charge is 2.13. The molecular formula is C16H21FN4OS. The van der Waals surface area contributed by atoms with E-state index in [9.17, 15) is 9.18 Å². The van der Waals surface area contributed by atoms with E-state index in [1.54, 1.807) is 40.9 Å². The molecule has 7 heteroatoms. The summed E-state index contributed by atoms with van der Waals surface area (Å²) in [6.45, 7) is 2.06. The lowest BCUT2D eigenvalue weighted by atomic mass is 10.1. The maximum Gasteiger partial charge on any atom is 0.237 e. The van der Waals surface area contributed by atoms with Crippen LogP contribution in [0.1, 0.15) is 17.8 Å². The number of carbonyl (C=O) groups excluding carboxylic acids is 1. The number of nitrogens with two attached hydrogens (primary N) is 1. The summed E-state index contributed by atoms with van der Waals surface area (Å²) in [6, 6.07) is 4.35. The molecule has 1 atom stereocenters. The van der Waals surface area contributed by atoms with Crippen LogP contribution in [0.5, 0.6) is 0 Å². The number of aryl methyl sites for hydroxylation is 1. The summed E-state index contributed by atoms with van der Waals surface area (Å²) in [7, 11) is 0. The molecule has 0 saturated carbocycles. The Morgan fingerprint density at radius 3 is 2.91 bits per heavy atom. The van der Waals surface area contributed by atoms with Crippen molar-refractivity contribution < 1.29 is 9.18 Å². The molecule has 1 aromatic carbocycles. The highest BCUT2D eigenvalue weighted by atomic mass is 32.2. The molecule has 1 aromatic heterocycles. The van der Waals surface area contributed by atoms with Gasteiger partial charge < -0.3 is 15.6 Å². The number of imidazole rings is 1. The normalized spacial score (nSPS) is 12.2. The minimum atomic E-state index is -0.528. The van der Waals surface area contributed by atoms with Gasteiger partial charge in [-0.05, 0) is 43.0 Å². The van der Waals surface area contributed by atoms with Crippen LogP contribution in [0, 0.1) is 12.7 Å². The maximum atomic E-state index is 14.3. The Labute approximate surface area is 139 Å². The van der Waals surface area contributed by atoms with E-state index in [0.717, 1.165) is 5.75 Å². The number of aromatic nitrogens is 2. The third-order valence-electron chi connectivity index (χ3n) is 3.53. The van der Waals surface area contributed by atoms with Crippen molar-refractivity contribution in [1.29, 1.82) is 0 Å². The van der Waals surface area contributed by atoms with E-state index >= 15 is 0 Å². The van der Waals surface area contributed by atoms with Crippen molar-refractivity contribution >= 4 is 17.7 Å². The minimum Gasteiger partial charge on any atom is -0.351 e. The van der Waals surface area contributed by atoms with Gasteiger partial charge in [0.05, 0.1) is 11.7 Å². The molecule has 0 bridgehead atoms. The molecule has 0 aliphatic rings. The summed E-state index contributed by atoms with van der Waals surface area (Å²) in [5.74, 6) is 0.977. The predicted octanol–water partition coefficient (Wildman–Crippen LogP) is 2.02. The summed E-state index contributed by atoms with van der Waals surface area (Å²) in [5.41, 5.74) is 6.92. The Bertz CT molecular complexity index is 674. The first kappa shape index (κ1) is 17.5. The van der Waals surface area contributed by atoms with Gasteiger partial charge in [0, 0.05) is 18.9 Å². The first-order chi connectivity index (χ1) is 11.0. The van der Waals surface area contributed by atoms with Gasteiger partial charge in [-0.15, -0.1) is 0 Å². The second-order valence-electron chi connectivity index (χ2n) is 5.24. The zero-order chi connectivity index (χ0) is 16.8. The van der Waals surface area contributed by atoms with Gasteiger partial charge in [0.15, 0.2) is 0 Å². The number of hydrogen-bond donors (Lipinski definition) is 2. The van der Waals surface area contributed by atoms with Gasteiger partial charge in [-0.3, -0.25) is 4.79 Å². The van der Waals surface area contributed by atoms with E-state index in [1.807, 2.05) is 13.2 Å². The van der Waals surface area contributed by atoms with E-state index in [0.29, 0.717) is 23.5 Å². The van der Waals surface area contributed by atoms with Crippen LogP contribution >= 0.6 is 11.8 Å². The van der Waals surface area contributed by atoms with E-state index in [4.69, 9.17) is 5.73 Å². The van der Waals surface area contributed by atoms with Crippen molar-refractivity contribution in [2.75, 3.05) is 12.0 Å². The Hall–Kier alpha value is -1.86. The van der Waals surface area contributed by atoms with E-state index in [2.05, 4.69) is 10.3 Å². The first-order valence-electron chi connectivity index (χ1n) is 7.34. The Kier molecular flexibility index (Phi) is 6.18. The molecule has 2 aromatic rings. The summed E-state index contributed by atoms with van der Waals surface area (Å²) in [4.78, 5) is 15.9. The number of rotatable bonds is 7. The van der Waals surface area contributed by atoms with Crippen LogP contribution in [0.15, 0.2) is 30.6 Å². The second kappa shape index (κ2) is 8.12. The van der Waals surface area contributed by atoms with Gasteiger partial charge in [0.2, 0.25) is 5.91 Å². The first-order valence-corrected chi connectivity index (χ1v) is 8.73. The Morgan fingerprint density at radius 1 is 1.52 bits per heavy atom. The maximum absolute atomic E-state index is 14.3. The number of nitrogens with one attached hydrogen (secondary N) is 1. The number of hydrogen-bond acceptors (Lipinski definition) is 4. The molecule has 1 amide bonds. The predicted molar refractivity (Wildman–Crippen MR) is 91.1 cm³/mol. The van der Waals surface area contributed by atoms with E-state index in [-0.39, 0.29) is 18.3 Å². The lowest BCUT2D eigenvalue weighted by molar-refractivity contribution is -0.122. The third kappa shape index (κ3) is 4.56. The van der Waals surface area contributed by atoms with Crippen molar-refractivity contribution in [3.8, 4) is 5.69 Å². The number of amides is 1. The fraction of sp³-hybridized carbons (Fsp3) is 0.375. The fourth-order valence-electron chi connectivity index (χ4n) is 2.18. The summed E-state index contributed by atoms with van der Waals surface area (Å²) in [5, 5.41) is 2.74. The van der Waals surface area contributed by atoms with Gasteiger partial charge in [0.25, 0.3) is 0 Å². The molecule has 0 saturated heterocycles. The quantitative estimate of drug-likeness (QED) is 0.811. The highest BCUT2D eigenvalue weighted by Crippen LogP contribution is 2.16. The molecule has 23 heavy (non-hydrogen) atoms. The highest BCUT2D eigenvalue weighted by molar-refractivity contribution is 7.98. The monoisotopic (exact) mass is 336 g/mol. The molecule has 0 unspecified atom stereocenters. The lowest BCUT2D eigenvalue weighted by Crippen LogP contribution is -2.40. The molecule has 0 fully saturated rings. The van der Waals surface area contributed by atoms with Gasteiger partial charge in [0.1, 0.15) is 11.6 Å². The van der Waals surface area contributed by atoms with Crippen LogP contribution in [-0.2, 0) is 11.3 Å². The molecule has 124 valence electrons. The van der Waals surface area contributed by atoms with Crippen LogP contribution in [0.25, 0.3) is 5.69 Å². The third-order valence-corrected chi connectivity index (χ3v) is 4.18. The van der Waals surface area contributed by atoms with E-state index < -0.39 is 6.04 Å². The SMILES string of the molecule is CSCC[C@H](N)C(=O)NCc1ccc(-n2ccnc2C)c(F)c1. The molecular weight excluding hydrogens is 315 g/mol. The molecule has 2 rings (SSSR count). The average molecular weight is 336 g/mol. The standard InChI is InChI=1S/C16H21FN4OS/c1-11-19-6-7-21(11)15-4-3-12(9-13(15)17)10-20-16(22)14(18)5-8-23-2/h3-4,6-7,9,14H,5,8,10,18H2,1-2H3,(H,20,22)/t14-/m0/s1. The van der Waals surface area contributed by atoms with Crippen molar-refractivity contribution in [2.45, 2.75) is 25.9 Å². The molecule has 0 aliphatic heterocycles. The minimum absolute atomic E-state index is 0.214. The molecule has 1 heterocycles. The lowest BCUT2D eigenvalue weighted by Gasteiger charge is -2.12. The summed E-state index contributed by atoms with van der Waals surface area (Å²) >= 11 is 1.65. The smallest absolute Gasteiger partial charge is 0.237 e. The van der Waals surface area contributed by atoms with Crippen molar-refractivity contribution in [3.63, 3.8) is 0 Å². The molecule has 0 radical (unpaired) electrons. The number of benzene rings is 1. The molecule has 0 aliphatic carbocycles. The zero-order valence-electron chi connectivity index (χ0n) is 13.3. The second-order valence-corrected chi connectivity index (χ2v) is 6.22. The van der Waals surface area contributed by atoms with Crippen LogP contribution in [0.2, 0.25) is 0 Å². The Morgan fingerprint density at radius 2 is 2.30 bits per heavy atom. The van der Waals surface area contributed by atoms with Crippen LogP contribution in [-0.4, -0.2) is 33.5 Å². The van der Waals surface area contributed by atoms with Crippen molar-refractivity contribution in [1.82, 2.24) is 14.9 Å². The largest absolute Gasteiger partial charge is 0.351 e. The van der Waals surface area contributed by atoms with Gasteiger partial charge in [-0.2, -0.15) is 11.8 Å². The van der Waals surface area contributed by atoms with Gasteiger partial charge >= 0.3 is 0 Å². The van der Waals surface area contributed by atoms with Crippen LogP contribution in [0.3, 0.4) is 0 Å². The van der Waals surface area contributed by atoms with Gasteiger partial charge in [-0.25, -0.2) is 9.37 Å². The molecule has 0 spiro atoms. The molecule has 3 N–H and O–H groups in total. The van der Waals surface area contributed by atoms with Crippen molar-refractivity contribution in [3.05, 3.63) is 47.8 Å². The van der Waals surface area contributed by atoms with Crippen LogP contribution < -0.4 is 11.1 Å². The number of nitrogens with zero attached hydrogens (tertiary/aromatic N) is 2. The number of halogens is 1. The van der Waals surface area contributed by atoms with Crippen molar-refractivity contribution in [2.24, 2.45) is 5.73 Å². The number of carbonyl (C=O) groups is 1. The Balaban J connectivity index is 1.99. The van der Waals surface area contributed by atoms with Crippen LogP contribution in [0.4, 0.5) is 4.39 Å². The fourth-order valence-corrected chi connectivity index (χ4v) is 2.67. The topological polar surface area (TPSA) is 72.9 Å².